The van der Waals surface area contributed by atoms with Crippen LogP contribution in [0.15, 0.2) is 18.2 Å². The van der Waals surface area contributed by atoms with E-state index in [1.165, 1.54) is 12.1 Å². The molecule has 0 atom stereocenters. The molecule has 98 valence electrons. The zero-order valence-corrected chi connectivity index (χ0v) is 10.6. The third-order valence-electron chi connectivity index (χ3n) is 3.21. The minimum absolute atomic E-state index is 0.00511. The fourth-order valence-corrected chi connectivity index (χ4v) is 2.32. The van der Waals surface area contributed by atoms with E-state index in [-0.39, 0.29) is 22.7 Å². The van der Waals surface area contributed by atoms with Gasteiger partial charge in [-0.15, -0.1) is 0 Å². The third kappa shape index (κ3) is 3.21. The summed E-state index contributed by atoms with van der Waals surface area (Å²) in [5.74, 6) is -1.04. The largest absolute Gasteiger partial charge is 0.393 e. The molecule has 0 bridgehead atoms. The second-order valence-electron chi connectivity index (χ2n) is 4.60. The van der Waals surface area contributed by atoms with E-state index < -0.39 is 11.7 Å². The summed E-state index contributed by atoms with van der Waals surface area (Å²) in [4.78, 5) is 11.9. The zero-order valence-electron chi connectivity index (χ0n) is 9.83. The summed E-state index contributed by atoms with van der Waals surface area (Å²) in [6.45, 7) is 0. The van der Waals surface area contributed by atoms with Gasteiger partial charge in [0, 0.05) is 11.1 Å². The van der Waals surface area contributed by atoms with Gasteiger partial charge in [0.1, 0.15) is 5.82 Å². The molecule has 0 aliphatic heterocycles. The number of halogens is 2. The molecular formula is C13H15ClFNO2. The highest BCUT2D eigenvalue weighted by Crippen LogP contribution is 2.20. The Kier molecular flexibility index (Phi) is 4.19. The average Bonchev–Trinajstić information content (AvgIpc) is 2.32. The first kappa shape index (κ1) is 13.3. The number of hydrogen-bond acceptors (Lipinski definition) is 2. The number of rotatable bonds is 2. The van der Waals surface area contributed by atoms with Crippen LogP contribution in [0.2, 0.25) is 5.02 Å². The van der Waals surface area contributed by atoms with Gasteiger partial charge in [0.25, 0.3) is 5.91 Å². The smallest absolute Gasteiger partial charge is 0.254 e. The van der Waals surface area contributed by atoms with Crippen LogP contribution in [0, 0.1) is 5.82 Å². The lowest BCUT2D eigenvalue weighted by atomic mass is 9.93. The van der Waals surface area contributed by atoms with Crippen LogP contribution in [-0.2, 0) is 0 Å². The molecule has 3 nitrogen and oxygen atoms in total. The van der Waals surface area contributed by atoms with Gasteiger partial charge in [0.2, 0.25) is 0 Å². The molecule has 1 aliphatic rings. The van der Waals surface area contributed by atoms with Crippen LogP contribution in [0.4, 0.5) is 4.39 Å². The summed E-state index contributed by atoms with van der Waals surface area (Å²) < 4.78 is 13.5. The standard InChI is InChI=1S/C13H15ClFNO2/c14-8-1-6-11(12(15)7-8)13(18)16-9-2-4-10(17)5-3-9/h1,6-7,9-10,17H,2-5H2,(H,16,18). The van der Waals surface area contributed by atoms with Crippen LogP contribution < -0.4 is 5.32 Å². The van der Waals surface area contributed by atoms with Crippen LogP contribution in [-0.4, -0.2) is 23.2 Å². The van der Waals surface area contributed by atoms with Gasteiger partial charge in [0.05, 0.1) is 11.7 Å². The maximum Gasteiger partial charge on any atom is 0.254 e. The Morgan fingerprint density at radius 2 is 2.00 bits per heavy atom. The zero-order chi connectivity index (χ0) is 13.1. The van der Waals surface area contributed by atoms with E-state index in [2.05, 4.69) is 5.32 Å². The van der Waals surface area contributed by atoms with Crippen molar-refractivity contribution in [1.82, 2.24) is 5.32 Å². The molecule has 1 amide bonds. The van der Waals surface area contributed by atoms with Crippen molar-refractivity contribution in [2.75, 3.05) is 0 Å². The molecule has 1 aliphatic carbocycles. The van der Waals surface area contributed by atoms with Crippen molar-refractivity contribution < 1.29 is 14.3 Å². The molecule has 0 heterocycles. The van der Waals surface area contributed by atoms with E-state index >= 15 is 0 Å². The van der Waals surface area contributed by atoms with Crippen LogP contribution in [0.3, 0.4) is 0 Å². The number of aliphatic hydroxyl groups is 1. The highest BCUT2D eigenvalue weighted by atomic mass is 35.5. The topological polar surface area (TPSA) is 49.3 Å². The van der Waals surface area contributed by atoms with E-state index in [0.717, 1.165) is 18.9 Å². The summed E-state index contributed by atoms with van der Waals surface area (Å²) in [6, 6.07) is 4.01. The Hall–Kier alpha value is -1.13. The summed E-state index contributed by atoms with van der Waals surface area (Å²) in [6.07, 6.45) is 2.53. The highest BCUT2D eigenvalue weighted by molar-refractivity contribution is 6.30. The molecule has 0 radical (unpaired) electrons. The monoisotopic (exact) mass is 271 g/mol. The first-order chi connectivity index (χ1) is 8.56. The first-order valence-electron chi connectivity index (χ1n) is 6.00. The molecule has 1 aromatic rings. The van der Waals surface area contributed by atoms with Crippen molar-refractivity contribution >= 4 is 17.5 Å². The van der Waals surface area contributed by atoms with Crippen LogP contribution >= 0.6 is 11.6 Å². The van der Waals surface area contributed by atoms with E-state index in [4.69, 9.17) is 11.6 Å². The van der Waals surface area contributed by atoms with Crippen molar-refractivity contribution in [1.29, 1.82) is 0 Å². The van der Waals surface area contributed by atoms with Gasteiger partial charge in [-0.25, -0.2) is 4.39 Å². The lowest BCUT2D eigenvalue weighted by molar-refractivity contribution is 0.0864. The van der Waals surface area contributed by atoms with Crippen LogP contribution in [0.1, 0.15) is 36.0 Å². The normalized spacial score (nSPS) is 23.7. The molecule has 0 aromatic heterocycles. The fraction of sp³-hybridized carbons (Fsp3) is 0.462. The Morgan fingerprint density at radius 1 is 1.33 bits per heavy atom. The molecule has 0 saturated heterocycles. The van der Waals surface area contributed by atoms with E-state index in [9.17, 15) is 14.3 Å². The fourth-order valence-electron chi connectivity index (χ4n) is 2.16. The van der Waals surface area contributed by atoms with Gasteiger partial charge >= 0.3 is 0 Å². The number of hydrogen-bond donors (Lipinski definition) is 2. The Bertz CT molecular complexity index is 445. The second-order valence-corrected chi connectivity index (χ2v) is 5.04. The second kappa shape index (κ2) is 5.67. The van der Waals surface area contributed by atoms with Crippen molar-refractivity contribution in [3.63, 3.8) is 0 Å². The summed E-state index contributed by atoms with van der Waals surface area (Å²) in [7, 11) is 0. The predicted molar refractivity (Wildman–Crippen MR) is 67.1 cm³/mol. The third-order valence-corrected chi connectivity index (χ3v) is 3.44. The minimum atomic E-state index is -0.615. The lowest BCUT2D eigenvalue weighted by Crippen LogP contribution is -2.38. The number of aliphatic hydroxyl groups excluding tert-OH is 1. The maximum absolute atomic E-state index is 13.5. The highest BCUT2D eigenvalue weighted by Gasteiger charge is 2.22. The van der Waals surface area contributed by atoms with Gasteiger partial charge in [-0.3, -0.25) is 4.79 Å². The van der Waals surface area contributed by atoms with Gasteiger partial charge in [-0.05, 0) is 43.9 Å². The van der Waals surface area contributed by atoms with Crippen molar-refractivity contribution in [2.24, 2.45) is 0 Å². The van der Waals surface area contributed by atoms with Gasteiger partial charge in [-0.2, -0.15) is 0 Å². The SMILES string of the molecule is O=C(NC1CCC(O)CC1)c1ccc(Cl)cc1F. The van der Waals surface area contributed by atoms with Gasteiger partial charge in [-0.1, -0.05) is 11.6 Å². The van der Waals surface area contributed by atoms with E-state index in [1.54, 1.807) is 0 Å². The van der Waals surface area contributed by atoms with Gasteiger partial charge in [0.15, 0.2) is 0 Å². The quantitative estimate of drug-likeness (QED) is 0.868. The lowest BCUT2D eigenvalue weighted by Gasteiger charge is -2.26. The number of amides is 1. The van der Waals surface area contributed by atoms with E-state index in [0.29, 0.717) is 12.8 Å². The van der Waals surface area contributed by atoms with Gasteiger partial charge < -0.3 is 10.4 Å². The molecule has 0 spiro atoms. The number of carbonyl (C=O) groups excluding carboxylic acids is 1. The molecule has 1 fully saturated rings. The number of carbonyl (C=O) groups is 1. The summed E-state index contributed by atoms with van der Waals surface area (Å²) in [5, 5.41) is 12.4. The Balaban J connectivity index is 1.99. The molecule has 18 heavy (non-hydrogen) atoms. The van der Waals surface area contributed by atoms with Crippen molar-refractivity contribution in [3.05, 3.63) is 34.6 Å². The van der Waals surface area contributed by atoms with Crippen molar-refractivity contribution in [3.8, 4) is 0 Å². The molecule has 2 N–H and O–H groups in total. The van der Waals surface area contributed by atoms with Crippen LogP contribution in [0.25, 0.3) is 0 Å². The summed E-state index contributed by atoms with van der Waals surface area (Å²) in [5.41, 5.74) is 0.00511. The predicted octanol–water partition coefficient (Wildman–Crippen LogP) is 2.51. The number of benzene rings is 1. The molecule has 2 rings (SSSR count). The number of nitrogens with one attached hydrogen (secondary N) is 1. The molecule has 0 unspecified atom stereocenters. The first-order valence-corrected chi connectivity index (χ1v) is 6.38. The average molecular weight is 272 g/mol. The minimum Gasteiger partial charge on any atom is -0.393 e. The van der Waals surface area contributed by atoms with Crippen LogP contribution in [0.5, 0.6) is 0 Å². The molecule has 1 aromatic carbocycles. The Morgan fingerprint density at radius 3 is 2.61 bits per heavy atom. The maximum atomic E-state index is 13.5. The molecule has 1 saturated carbocycles. The van der Waals surface area contributed by atoms with Crippen molar-refractivity contribution in [2.45, 2.75) is 37.8 Å². The molecular weight excluding hydrogens is 257 g/mol. The Labute approximate surface area is 110 Å². The molecule has 5 heteroatoms. The van der Waals surface area contributed by atoms with E-state index in [1.807, 2.05) is 0 Å². The summed E-state index contributed by atoms with van der Waals surface area (Å²) >= 11 is 5.63.